The van der Waals surface area contributed by atoms with Crippen LogP contribution in [0.3, 0.4) is 0 Å². The Kier molecular flexibility index (Phi) is 4.11. The zero-order valence-corrected chi connectivity index (χ0v) is 10.7. The molecule has 1 saturated heterocycles. The standard InChI is InChI=1S/C11H14N4O5/c12-11-9(14(16)17)5-8(6-10(11)15(18)19)7-13-1-3-20-4-2-13/h5-6H,1-4,7,12H2. The summed E-state index contributed by atoms with van der Waals surface area (Å²) in [5.74, 6) is 0. The molecule has 1 fully saturated rings. The van der Waals surface area contributed by atoms with Gasteiger partial charge in [0.05, 0.1) is 23.1 Å². The van der Waals surface area contributed by atoms with E-state index in [2.05, 4.69) is 0 Å². The van der Waals surface area contributed by atoms with Crippen LogP contribution in [0, 0.1) is 20.2 Å². The van der Waals surface area contributed by atoms with Gasteiger partial charge in [-0.05, 0) is 5.56 Å². The molecule has 0 atom stereocenters. The zero-order valence-electron chi connectivity index (χ0n) is 10.7. The minimum atomic E-state index is -0.703. The molecule has 0 aliphatic carbocycles. The minimum Gasteiger partial charge on any atom is -0.388 e. The summed E-state index contributed by atoms with van der Waals surface area (Å²) in [5, 5.41) is 21.8. The Labute approximate surface area is 114 Å². The van der Waals surface area contributed by atoms with Crippen LogP contribution in [0.5, 0.6) is 0 Å². The van der Waals surface area contributed by atoms with Crippen LogP contribution in [-0.2, 0) is 11.3 Å². The van der Waals surface area contributed by atoms with Crippen molar-refractivity contribution < 1.29 is 14.6 Å². The molecule has 1 aliphatic heterocycles. The maximum atomic E-state index is 10.9. The molecule has 1 aliphatic rings. The van der Waals surface area contributed by atoms with Crippen molar-refractivity contribution in [2.24, 2.45) is 0 Å². The maximum absolute atomic E-state index is 10.9. The number of nitro groups is 2. The fourth-order valence-electron chi connectivity index (χ4n) is 2.09. The second-order valence-corrected chi connectivity index (χ2v) is 4.45. The first kappa shape index (κ1) is 14.2. The summed E-state index contributed by atoms with van der Waals surface area (Å²) >= 11 is 0. The highest BCUT2D eigenvalue weighted by Gasteiger charge is 2.25. The lowest BCUT2D eigenvalue weighted by Crippen LogP contribution is -2.35. The molecule has 2 rings (SSSR count). The number of ether oxygens (including phenoxy) is 1. The van der Waals surface area contributed by atoms with Crippen LogP contribution in [0.1, 0.15) is 5.56 Å². The van der Waals surface area contributed by atoms with Crippen LogP contribution in [0.15, 0.2) is 12.1 Å². The average molecular weight is 282 g/mol. The SMILES string of the molecule is Nc1c([N+](=O)[O-])cc(CN2CCOCC2)cc1[N+](=O)[O-]. The van der Waals surface area contributed by atoms with Gasteiger partial charge in [0.25, 0.3) is 11.4 Å². The van der Waals surface area contributed by atoms with Gasteiger partial charge in [0.15, 0.2) is 5.69 Å². The van der Waals surface area contributed by atoms with Crippen molar-refractivity contribution in [3.8, 4) is 0 Å². The molecule has 0 spiro atoms. The molecule has 0 unspecified atom stereocenters. The summed E-state index contributed by atoms with van der Waals surface area (Å²) in [6, 6.07) is 2.58. The number of nitrogens with two attached hydrogens (primary N) is 1. The molecule has 0 saturated carbocycles. The highest BCUT2D eigenvalue weighted by molar-refractivity contribution is 5.71. The highest BCUT2D eigenvalue weighted by atomic mass is 16.6. The Balaban J connectivity index is 2.32. The second-order valence-electron chi connectivity index (χ2n) is 4.45. The van der Waals surface area contributed by atoms with Gasteiger partial charge in [0, 0.05) is 31.8 Å². The fourth-order valence-corrected chi connectivity index (χ4v) is 2.09. The Morgan fingerprint density at radius 3 is 2.10 bits per heavy atom. The minimum absolute atomic E-state index is 0.394. The van der Waals surface area contributed by atoms with Crippen molar-refractivity contribution in [3.05, 3.63) is 37.9 Å². The molecule has 0 amide bonds. The lowest BCUT2D eigenvalue weighted by molar-refractivity contribution is -0.392. The molecule has 1 heterocycles. The van der Waals surface area contributed by atoms with Crippen molar-refractivity contribution in [1.29, 1.82) is 0 Å². The normalized spacial score (nSPS) is 16.0. The molecule has 20 heavy (non-hydrogen) atoms. The van der Waals surface area contributed by atoms with E-state index in [4.69, 9.17) is 10.5 Å². The summed E-state index contributed by atoms with van der Waals surface area (Å²) in [6.45, 7) is 2.93. The monoisotopic (exact) mass is 282 g/mol. The molecule has 0 radical (unpaired) electrons. The van der Waals surface area contributed by atoms with E-state index in [1.807, 2.05) is 4.90 Å². The Bertz CT molecular complexity index is 507. The summed E-state index contributed by atoms with van der Waals surface area (Å²) in [7, 11) is 0. The number of morpholine rings is 1. The molecule has 1 aromatic carbocycles. The Morgan fingerprint density at radius 1 is 1.15 bits per heavy atom. The lowest BCUT2D eigenvalue weighted by Gasteiger charge is -2.26. The summed E-state index contributed by atoms with van der Waals surface area (Å²) in [6.07, 6.45) is 0. The molecule has 9 heteroatoms. The van der Waals surface area contributed by atoms with Gasteiger partial charge in [-0.1, -0.05) is 0 Å². The van der Waals surface area contributed by atoms with Crippen LogP contribution in [-0.4, -0.2) is 41.0 Å². The average Bonchev–Trinajstić information content (AvgIpc) is 2.41. The number of rotatable bonds is 4. The summed E-state index contributed by atoms with van der Waals surface area (Å²) < 4.78 is 5.20. The van der Waals surface area contributed by atoms with Crippen molar-refractivity contribution in [3.63, 3.8) is 0 Å². The summed E-state index contributed by atoms with van der Waals surface area (Å²) in [4.78, 5) is 22.4. The predicted octanol–water partition coefficient (Wildman–Crippen LogP) is 0.917. The third-order valence-corrected chi connectivity index (χ3v) is 3.10. The van der Waals surface area contributed by atoms with Gasteiger partial charge < -0.3 is 10.5 Å². The van der Waals surface area contributed by atoms with Gasteiger partial charge >= 0.3 is 0 Å². The molecule has 0 bridgehead atoms. The number of nitrogen functional groups attached to an aromatic ring is 1. The van der Waals surface area contributed by atoms with E-state index >= 15 is 0 Å². The zero-order chi connectivity index (χ0) is 14.7. The van der Waals surface area contributed by atoms with Crippen LogP contribution < -0.4 is 5.73 Å². The van der Waals surface area contributed by atoms with Gasteiger partial charge in [-0.15, -0.1) is 0 Å². The number of anilines is 1. The highest BCUT2D eigenvalue weighted by Crippen LogP contribution is 2.33. The molecule has 2 N–H and O–H groups in total. The summed E-state index contributed by atoms with van der Waals surface area (Å²) in [5.41, 5.74) is 4.70. The molecule has 0 aromatic heterocycles. The smallest absolute Gasteiger partial charge is 0.299 e. The van der Waals surface area contributed by atoms with Gasteiger partial charge in [0.1, 0.15) is 0 Å². The van der Waals surface area contributed by atoms with Gasteiger partial charge in [0.2, 0.25) is 0 Å². The largest absolute Gasteiger partial charge is 0.388 e. The van der Waals surface area contributed by atoms with Crippen LogP contribution >= 0.6 is 0 Å². The van der Waals surface area contributed by atoms with Crippen LogP contribution in [0.4, 0.5) is 17.1 Å². The van der Waals surface area contributed by atoms with Crippen LogP contribution in [0.25, 0.3) is 0 Å². The van der Waals surface area contributed by atoms with Crippen molar-refractivity contribution in [1.82, 2.24) is 4.90 Å². The van der Waals surface area contributed by atoms with Crippen molar-refractivity contribution >= 4 is 17.1 Å². The topological polar surface area (TPSA) is 125 Å². The van der Waals surface area contributed by atoms with E-state index in [-0.39, 0.29) is 0 Å². The third-order valence-electron chi connectivity index (χ3n) is 3.10. The molecule has 108 valence electrons. The fraction of sp³-hybridized carbons (Fsp3) is 0.455. The van der Waals surface area contributed by atoms with Gasteiger partial charge in [-0.25, -0.2) is 0 Å². The third kappa shape index (κ3) is 3.00. The van der Waals surface area contributed by atoms with Gasteiger partial charge in [-0.3, -0.25) is 25.1 Å². The molecule has 1 aromatic rings. The van der Waals surface area contributed by atoms with Gasteiger partial charge in [-0.2, -0.15) is 0 Å². The van der Waals surface area contributed by atoms with E-state index in [1.165, 1.54) is 12.1 Å². The molecule has 9 nitrogen and oxygen atoms in total. The quantitative estimate of drug-likeness (QED) is 0.494. The van der Waals surface area contributed by atoms with Crippen LogP contribution in [0.2, 0.25) is 0 Å². The van der Waals surface area contributed by atoms with E-state index < -0.39 is 26.9 Å². The first-order chi connectivity index (χ1) is 9.49. The number of nitrogens with zero attached hydrogens (tertiary/aromatic N) is 3. The van der Waals surface area contributed by atoms with E-state index in [0.29, 0.717) is 38.4 Å². The molecular formula is C11H14N4O5. The first-order valence-corrected chi connectivity index (χ1v) is 6.00. The maximum Gasteiger partial charge on any atom is 0.299 e. The predicted molar refractivity (Wildman–Crippen MR) is 70.3 cm³/mol. The Morgan fingerprint density at radius 2 is 1.65 bits per heavy atom. The molecular weight excluding hydrogens is 268 g/mol. The number of hydrogen-bond acceptors (Lipinski definition) is 7. The van der Waals surface area contributed by atoms with E-state index in [1.54, 1.807) is 0 Å². The number of hydrogen-bond donors (Lipinski definition) is 1. The number of benzene rings is 1. The van der Waals surface area contributed by atoms with E-state index in [9.17, 15) is 20.2 Å². The Hall–Kier alpha value is -2.26. The van der Waals surface area contributed by atoms with Crippen molar-refractivity contribution in [2.45, 2.75) is 6.54 Å². The first-order valence-electron chi connectivity index (χ1n) is 6.00. The van der Waals surface area contributed by atoms with Crippen molar-refractivity contribution in [2.75, 3.05) is 32.0 Å². The second kappa shape index (κ2) is 5.80. The lowest BCUT2D eigenvalue weighted by atomic mass is 10.1. The van der Waals surface area contributed by atoms with E-state index in [0.717, 1.165) is 0 Å². The number of nitro benzene ring substituents is 2.